The summed E-state index contributed by atoms with van der Waals surface area (Å²) in [6, 6.07) is 5.30. The van der Waals surface area contributed by atoms with Crippen molar-refractivity contribution in [2.45, 2.75) is 0 Å². The van der Waals surface area contributed by atoms with E-state index in [1.807, 2.05) is 6.07 Å². The van der Waals surface area contributed by atoms with E-state index in [2.05, 4.69) is 27.8 Å². The lowest BCUT2D eigenvalue weighted by molar-refractivity contribution is -0.103. The fraction of sp³-hybridized carbons (Fsp3) is 0. The molecule has 0 radical (unpaired) electrons. The lowest BCUT2D eigenvalue weighted by Gasteiger charge is -1.94. The van der Waals surface area contributed by atoms with E-state index in [-0.39, 0.29) is 0 Å². The van der Waals surface area contributed by atoms with Gasteiger partial charge in [-0.15, -0.1) is 0 Å². The number of rotatable bonds is 0. The van der Waals surface area contributed by atoms with Crippen LogP contribution in [-0.2, 0) is 4.79 Å². The molecule has 12 heavy (non-hydrogen) atoms. The number of halogens is 2. The van der Waals surface area contributed by atoms with Crippen molar-refractivity contribution in [3.05, 3.63) is 33.3 Å². The largest absolute Gasteiger partial charge is 0.289 e. The summed E-state index contributed by atoms with van der Waals surface area (Å²) >= 11 is 9.07. The lowest BCUT2D eigenvalue weighted by Crippen LogP contribution is -1.77. The zero-order valence-electron chi connectivity index (χ0n) is 5.97. The van der Waals surface area contributed by atoms with E-state index in [0.717, 1.165) is 4.47 Å². The Labute approximate surface area is 83.9 Å². The topological polar surface area (TPSA) is 17.1 Å². The number of benzene rings is 1. The highest BCUT2D eigenvalue weighted by atomic mass is 79.9. The molecule has 0 saturated heterocycles. The molecular formula is C9H4BrClO. The summed E-state index contributed by atoms with van der Waals surface area (Å²) in [5, 5.41) is 0.549. The minimum absolute atomic E-state index is 0.539. The van der Waals surface area contributed by atoms with E-state index in [0.29, 0.717) is 16.9 Å². The molecule has 0 unspecified atom stereocenters. The zero-order valence-corrected chi connectivity index (χ0v) is 8.32. The third-order valence-corrected chi connectivity index (χ3v) is 2.02. The molecule has 0 saturated carbocycles. The number of hydrogen-bond acceptors (Lipinski definition) is 1. The second kappa shape index (κ2) is 4.30. The second-order valence-corrected chi connectivity index (χ2v) is 3.33. The molecule has 0 bridgehead atoms. The van der Waals surface area contributed by atoms with Crippen molar-refractivity contribution < 1.29 is 4.79 Å². The quantitative estimate of drug-likeness (QED) is 0.506. The maximum atomic E-state index is 9.95. The van der Waals surface area contributed by atoms with E-state index < -0.39 is 0 Å². The lowest BCUT2D eigenvalue weighted by atomic mass is 10.2. The van der Waals surface area contributed by atoms with E-state index >= 15 is 0 Å². The van der Waals surface area contributed by atoms with Crippen LogP contribution in [0.3, 0.4) is 0 Å². The van der Waals surface area contributed by atoms with Crippen LogP contribution in [0.5, 0.6) is 0 Å². The fourth-order valence-corrected chi connectivity index (χ4v) is 1.23. The Bertz CT molecular complexity index is 363. The average Bonchev–Trinajstić information content (AvgIpc) is 2.07. The molecule has 0 aliphatic rings. The molecule has 0 amide bonds. The van der Waals surface area contributed by atoms with Gasteiger partial charge in [0.1, 0.15) is 0 Å². The van der Waals surface area contributed by atoms with Crippen LogP contribution in [0.25, 0.3) is 0 Å². The first-order valence-corrected chi connectivity index (χ1v) is 4.31. The minimum atomic E-state index is 0.539. The van der Waals surface area contributed by atoms with Crippen LogP contribution in [0.2, 0.25) is 5.02 Å². The van der Waals surface area contributed by atoms with Gasteiger partial charge in [0.25, 0.3) is 0 Å². The minimum Gasteiger partial charge on any atom is -0.289 e. The van der Waals surface area contributed by atoms with E-state index in [1.54, 1.807) is 12.1 Å². The Kier molecular flexibility index (Phi) is 3.33. The van der Waals surface area contributed by atoms with Crippen molar-refractivity contribution in [1.82, 2.24) is 0 Å². The van der Waals surface area contributed by atoms with Crippen LogP contribution in [-0.4, -0.2) is 6.29 Å². The Hall–Kier alpha value is -0.780. The zero-order chi connectivity index (χ0) is 8.97. The van der Waals surface area contributed by atoms with Gasteiger partial charge < -0.3 is 0 Å². The summed E-state index contributed by atoms with van der Waals surface area (Å²) in [5.74, 6) is 4.92. The van der Waals surface area contributed by atoms with Gasteiger partial charge in [-0.05, 0) is 24.1 Å². The van der Waals surface area contributed by atoms with E-state index in [1.165, 1.54) is 0 Å². The van der Waals surface area contributed by atoms with Crippen LogP contribution >= 0.6 is 27.5 Å². The van der Waals surface area contributed by atoms with Gasteiger partial charge in [-0.25, -0.2) is 0 Å². The summed E-state index contributed by atoms with van der Waals surface area (Å²) < 4.78 is 0.891. The van der Waals surface area contributed by atoms with Gasteiger partial charge in [-0.3, -0.25) is 4.79 Å². The Morgan fingerprint density at radius 1 is 1.50 bits per heavy atom. The Morgan fingerprint density at radius 3 is 2.92 bits per heavy atom. The maximum absolute atomic E-state index is 9.95. The highest BCUT2D eigenvalue weighted by Crippen LogP contribution is 2.19. The molecule has 0 aromatic heterocycles. The van der Waals surface area contributed by atoms with Gasteiger partial charge in [0, 0.05) is 10.0 Å². The van der Waals surface area contributed by atoms with Gasteiger partial charge in [-0.1, -0.05) is 33.5 Å². The van der Waals surface area contributed by atoms with Crippen LogP contribution < -0.4 is 0 Å². The first-order chi connectivity index (χ1) is 5.74. The van der Waals surface area contributed by atoms with Crippen molar-refractivity contribution in [3.63, 3.8) is 0 Å². The molecule has 0 atom stereocenters. The molecule has 0 aliphatic carbocycles. The van der Waals surface area contributed by atoms with Crippen molar-refractivity contribution in [1.29, 1.82) is 0 Å². The molecule has 1 rings (SSSR count). The van der Waals surface area contributed by atoms with Crippen molar-refractivity contribution in [3.8, 4) is 11.8 Å². The van der Waals surface area contributed by atoms with E-state index in [9.17, 15) is 4.79 Å². The molecule has 1 aromatic carbocycles. The molecule has 1 nitrogen and oxygen atoms in total. The molecule has 0 spiro atoms. The standard InChI is InChI=1S/C9H4BrClO/c10-8-3-4-9(11)7(6-8)2-1-5-12/h3-6H. The highest BCUT2D eigenvalue weighted by Gasteiger charge is 1.96. The molecule has 0 heterocycles. The predicted octanol–water partition coefficient (Wildman–Crippen LogP) is 2.65. The first-order valence-electron chi connectivity index (χ1n) is 3.14. The van der Waals surface area contributed by atoms with Crippen LogP contribution in [0, 0.1) is 11.8 Å². The van der Waals surface area contributed by atoms with Gasteiger partial charge in [0.15, 0.2) is 6.29 Å². The summed E-state index contributed by atoms with van der Waals surface area (Å²) in [7, 11) is 0. The monoisotopic (exact) mass is 242 g/mol. The second-order valence-electron chi connectivity index (χ2n) is 2.01. The first kappa shape index (κ1) is 9.31. The van der Waals surface area contributed by atoms with Crippen molar-refractivity contribution in [2.24, 2.45) is 0 Å². The molecule has 0 fully saturated rings. The molecule has 60 valence electrons. The highest BCUT2D eigenvalue weighted by molar-refractivity contribution is 9.10. The molecular weight excluding hydrogens is 239 g/mol. The Balaban J connectivity index is 3.13. The number of aldehydes is 1. The van der Waals surface area contributed by atoms with Crippen molar-refractivity contribution >= 4 is 33.8 Å². The van der Waals surface area contributed by atoms with Gasteiger partial charge in [0.05, 0.1) is 5.02 Å². The predicted molar refractivity (Wildman–Crippen MR) is 52.1 cm³/mol. The third kappa shape index (κ3) is 2.37. The van der Waals surface area contributed by atoms with Gasteiger partial charge >= 0.3 is 0 Å². The number of carbonyl (C=O) groups is 1. The fourth-order valence-electron chi connectivity index (χ4n) is 0.701. The molecule has 3 heteroatoms. The molecule has 0 N–H and O–H groups in total. The SMILES string of the molecule is O=CC#Cc1cc(Br)ccc1Cl. The number of carbonyl (C=O) groups excluding carboxylic acids is 1. The number of hydrogen-bond donors (Lipinski definition) is 0. The van der Waals surface area contributed by atoms with Crippen LogP contribution in [0.1, 0.15) is 5.56 Å². The average molecular weight is 243 g/mol. The molecule has 1 aromatic rings. The maximum Gasteiger partial charge on any atom is 0.193 e. The van der Waals surface area contributed by atoms with E-state index in [4.69, 9.17) is 11.6 Å². The summed E-state index contributed by atoms with van der Waals surface area (Å²) in [5.41, 5.74) is 0.651. The molecule has 0 aliphatic heterocycles. The summed E-state index contributed by atoms with van der Waals surface area (Å²) in [6.07, 6.45) is 0.539. The Morgan fingerprint density at radius 2 is 2.25 bits per heavy atom. The van der Waals surface area contributed by atoms with Gasteiger partial charge in [-0.2, -0.15) is 0 Å². The third-order valence-electron chi connectivity index (χ3n) is 1.19. The summed E-state index contributed by atoms with van der Waals surface area (Å²) in [6.45, 7) is 0. The van der Waals surface area contributed by atoms with Gasteiger partial charge in [0.2, 0.25) is 0 Å². The van der Waals surface area contributed by atoms with Crippen LogP contribution in [0.4, 0.5) is 0 Å². The van der Waals surface area contributed by atoms with Crippen molar-refractivity contribution in [2.75, 3.05) is 0 Å². The van der Waals surface area contributed by atoms with Crippen LogP contribution in [0.15, 0.2) is 22.7 Å². The smallest absolute Gasteiger partial charge is 0.193 e. The normalized spacial score (nSPS) is 8.50. The summed E-state index contributed by atoms with van der Waals surface area (Å²) in [4.78, 5) is 9.95.